The molecule has 0 aliphatic carbocycles. The highest BCUT2D eigenvalue weighted by atomic mass is 35.5. The molecule has 0 unspecified atom stereocenters. The van der Waals surface area contributed by atoms with Crippen LogP contribution in [-0.4, -0.2) is 14.3 Å². The molecular weight excluding hydrogens is 250 g/mol. The van der Waals surface area contributed by atoms with Crippen LogP contribution in [0.25, 0.3) is 12.3 Å². The van der Waals surface area contributed by atoms with Crippen molar-refractivity contribution in [2.24, 2.45) is 0 Å². The largest absolute Gasteiger partial charge is 0.350 e. The van der Waals surface area contributed by atoms with Crippen molar-refractivity contribution in [1.82, 2.24) is 14.3 Å². The molecule has 4 nitrogen and oxygen atoms in total. The highest BCUT2D eigenvalue weighted by Crippen LogP contribution is 2.25. The summed E-state index contributed by atoms with van der Waals surface area (Å²) in [4.78, 5) is 12.0. The molecule has 0 bridgehead atoms. The molecule has 5 heteroatoms. The number of benzene rings is 1. The molecule has 1 aromatic carbocycles. The molecule has 0 N–H and O–H groups in total. The maximum absolute atomic E-state index is 12.0. The molecule has 18 heavy (non-hydrogen) atoms. The van der Waals surface area contributed by atoms with Crippen LogP contribution in [-0.2, 0) is 13.0 Å². The van der Waals surface area contributed by atoms with Gasteiger partial charge < -0.3 is 0 Å². The van der Waals surface area contributed by atoms with Crippen LogP contribution in [0.15, 0.2) is 23.0 Å². The van der Waals surface area contributed by atoms with Gasteiger partial charge in [-0.3, -0.25) is 4.57 Å². The Labute approximate surface area is 109 Å². The molecule has 1 aliphatic rings. The Morgan fingerprint density at radius 2 is 2.28 bits per heavy atom. The zero-order valence-corrected chi connectivity index (χ0v) is 10.7. The Morgan fingerprint density at radius 1 is 1.44 bits per heavy atom. The first-order valence-corrected chi connectivity index (χ1v) is 6.22. The van der Waals surface area contributed by atoms with Gasteiger partial charge in [-0.25, -0.2) is 9.48 Å². The van der Waals surface area contributed by atoms with E-state index in [0.29, 0.717) is 18.0 Å². The monoisotopic (exact) mass is 261 g/mol. The van der Waals surface area contributed by atoms with Crippen molar-refractivity contribution >= 4 is 23.9 Å². The van der Waals surface area contributed by atoms with E-state index in [0.717, 1.165) is 17.0 Å². The molecule has 2 heterocycles. The number of hydrogen-bond acceptors (Lipinski definition) is 2. The molecule has 92 valence electrons. The lowest BCUT2D eigenvalue weighted by atomic mass is 10.0. The van der Waals surface area contributed by atoms with Crippen LogP contribution in [0, 0.1) is 0 Å². The first kappa shape index (κ1) is 11.3. The third-order valence-corrected chi connectivity index (χ3v) is 3.49. The molecule has 0 amide bonds. The van der Waals surface area contributed by atoms with Crippen molar-refractivity contribution in [3.8, 4) is 0 Å². The fourth-order valence-electron chi connectivity index (χ4n) is 2.17. The highest BCUT2D eigenvalue weighted by molar-refractivity contribution is 6.31. The van der Waals surface area contributed by atoms with E-state index in [-0.39, 0.29) is 5.69 Å². The SMILES string of the molecule is CCn1nc2n(c1=O)C=Cc1cccc(Cl)c1C2. The summed E-state index contributed by atoms with van der Waals surface area (Å²) in [5, 5.41) is 5.04. The normalized spacial score (nSPS) is 13.0. The zero-order valence-electron chi connectivity index (χ0n) is 9.93. The molecule has 0 saturated carbocycles. The van der Waals surface area contributed by atoms with Crippen LogP contribution in [0.4, 0.5) is 0 Å². The van der Waals surface area contributed by atoms with E-state index >= 15 is 0 Å². The summed E-state index contributed by atoms with van der Waals surface area (Å²) in [6.07, 6.45) is 4.24. The summed E-state index contributed by atoms with van der Waals surface area (Å²) in [5.41, 5.74) is 1.95. The molecule has 0 saturated heterocycles. The third-order valence-electron chi connectivity index (χ3n) is 3.13. The Bertz CT molecular complexity index is 697. The van der Waals surface area contributed by atoms with E-state index in [1.165, 1.54) is 4.68 Å². The van der Waals surface area contributed by atoms with Crippen molar-refractivity contribution in [3.63, 3.8) is 0 Å². The van der Waals surface area contributed by atoms with Crippen LogP contribution < -0.4 is 5.69 Å². The predicted molar refractivity (Wildman–Crippen MR) is 71.6 cm³/mol. The minimum Gasteiger partial charge on any atom is -0.253 e. The number of halogens is 1. The lowest BCUT2D eigenvalue weighted by molar-refractivity contribution is 0.625. The Hall–Kier alpha value is -1.81. The average molecular weight is 262 g/mol. The van der Waals surface area contributed by atoms with Crippen LogP contribution >= 0.6 is 11.6 Å². The van der Waals surface area contributed by atoms with Gasteiger partial charge in [0.05, 0.1) is 0 Å². The zero-order chi connectivity index (χ0) is 12.7. The Kier molecular flexibility index (Phi) is 2.59. The molecule has 1 aliphatic heterocycles. The molecule has 0 fully saturated rings. The third kappa shape index (κ3) is 1.61. The maximum Gasteiger partial charge on any atom is 0.350 e. The van der Waals surface area contributed by atoms with Gasteiger partial charge in [0.1, 0.15) is 5.82 Å². The van der Waals surface area contributed by atoms with E-state index in [1.54, 1.807) is 10.8 Å². The van der Waals surface area contributed by atoms with Crippen LogP contribution in [0.2, 0.25) is 5.02 Å². The second-order valence-electron chi connectivity index (χ2n) is 4.18. The van der Waals surface area contributed by atoms with E-state index in [1.807, 2.05) is 31.2 Å². The number of nitrogens with zero attached hydrogens (tertiary/aromatic N) is 3. The van der Waals surface area contributed by atoms with E-state index in [9.17, 15) is 4.79 Å². The van der Waals surface area contributed by atoms with Gasteiger partial charge in [-0.05, 0) is 30.2 Å². The van der Waals surface area contributed by atoms with Gasteiger partial charge in [-0.1, -0.05) is 23.7 Å². The van der Waals surface area contributed by atoms with E-state index in [4.69, 9.17) is 11.6 Å². The fraction of sp³-hybridized carbons (Fsp3) is 0.231. The number of aromatic nitrogens is 3. The quantitative estimate of drug-likeness (QED) is 0.674. The number of fused-ring (bicyclic) bond motifs is 2. The molecule has 0 radical (unpaired) electrons. The maximum atomic E-state index is 12.0. The van der Waals surface area contributed by atoms with Gasteiger partial charge in [0.25, 0.3) is 0 Å². The number of rotatable bonds is 1. The summed E-state index contributed by atoms with van der Waals surface area (Å²) < 4.78 is 3.04. The summed E-state index contributed by atoms with van der Waals surface area (Å²) in [6, 6.07) is 5.76. The molecular formula is C13H12ClN3O. The topological polar surface area (TPSA) is 39.8 Å². The van der Waals surface area contributed by atoms with Crippen LogP contribution in [0.1, 0.15) is 23.9 Å². The second kappa shape index (κ2) is 4.14. The van der Waals surface area contributed by atoms with Gasteiger partial charge in [0, 0.05) is 24.2 Å². The smallest absolute Gasteiger partial charge is 0.253 e. The molecule has 0 atom stereocenters. The van der Waals surface area contributed by atoms with Gasteiger partial charge >= 0.3 is 5.69 Å². The molecule has 2 aromatic rings. The first-order chi connectivity index (χ1) is 8.70. The fourth-order valence-corrected chi connectivity index (χ4v) is 2.42. The van der Waals surface area contributed by atoms with Crippen molar-refractivity contribution in [2.45, 2.75) is 19.9 Å². The van der Waals surface area contributed by atoms with Crippen molar-refractivity contribution in [3.05, 3.63) is 50.7 Å². The van der Waals surface area contributed by atoms with E-state index in [2.05, 4.69) is 5.10 Å². The number of hydrogen-bond donors (Lipinski definition) is 0. The second-order valence-corrected chi connectivity index (χ2v) is 4.59. The van der Waals surface area contributed by atoms with E-state index < -0.39 is 0 Å². The lowest BCUT2D eigenvalue weighted by Gasteiger charge is -2.04. The average Bonchev–Trinajstić information content (AvgIpc) is 2.56. The van der Waals surface area contributed by atoms with Crippen LogP contribution in [0.3, 0.4) is 0 Å². The summed E-state index contributed by atoms with van der Waals surface area (Å²) >= 11 is 6.21. The Balaban J connectivity index is 2.21. The summed E-state index contributed by atoms with van der Waals surface area (Å²) in [6.45, 7) is 2.47. The molecule has 1 aromatic heterocycles. The predicted octanol–water partition coefficient (Wildman–Crippen LogP) is 2.25. The van der Waals surface area contributed by atoms with Crippen molar-refractivity contribution in [1.29, 1.82) is 0 Å². The number of aryl methyl sites for hydroxylation is 1. The summed E-state index contributed by atoms with van der Waals surface area (Å²) in [7, 11) is 0. The van der Waals surface area contributed by atoms with Crippen molar-refractivity contribution in [2.75, 3.05) is 0 Å². The lowest BCUT2D eigenvalue weighted by Crippen LogP contribution is -2.21. The van der Waals surface area contributed by atoms with Gasteiger partial charge in [0.2, 0.25) is 0 Å². The molecule has 3 rings (SSSR count). The van der Waals surface area contributed by atoms with Gasteiger partial charge in [-0.2, -0.15) is 5.10 Å². The van der Waals surface area contributed by atoms with Gasteiger partial charge in [-0.15, -0.1) is 0 Å². The minimum absolute atomic E-state index is 0.104. The van der Waals surface area contributed by atoms with Crippen LogP contribution in [0.5, 0.6) is 0 Å². The van der Waals surface area contributed by atoms with Crippen molar-refractivity contribution < 1.29 is 0 Å². The first-order valence-electron chi connectivity index (χ1n) is 5.84. The molecule has 0 spiro atoms. The standard InChI is InChI=1S/C13H12ClN3O/c1-2-17-13(18)16-7-6-9-4-3-5-11(14)10(9)8-12(16)15-17/h3-7H,2,8H2,1H3. The minimum atomic E-state index is -0.104. The Morgan fingerprint density at radius 3 is 3.06 bits per heavy atom. The summed E-state index contributed by atoms with van der Waals surface area (Å²) in [5.74, 6) is 0.727. The van der Waals surface area contributed by atoms with Gasteiger partial charge in [0.15, 0.2) is 0 Å². The highest BCUT2D eigenvalue weighted by Gasteiger charge is 2.17.